The first kappa shape index (κ1) is 22.2. The van der Waals surface area contributed by atoms with Gasteiger partial charge in [0, 0.05) is 12.5 Å². The van der Waals surface area contributed by atoms with Crippen molar-refractivity contribution in [1.82, 2.24) is 10.6 Å². The van der Waals surface area contributed by atoms with Gasteiger partial charge in [0.05, 0.1) is 6.54 Å². The highest BCUT2D eigenvalue weighted by atomic mass is 35.5. The number of carbonyl (C=O) groups excluding carboxylic acids is 2. The fraction of sp³-hybridized carbons (Fsp3) is 0.250. The molecule has 1 aliphatic carbocycles. The van der Waals surface area contributed by atoms with E-state index in [4.69, 9.17) is 10.5 Å². The van der Waals surface area contributed by atoms with Crippen LogP contribution in [0.25, 0.3) is 11.1 Å². The number of benzene rings is 2. The highest BCUT2D eigenvalue weighted by molar-refractivity contribution is 5.85. The number of nitrogens with two attached hydrogens (primary N) is 1. The summed E-state index contributed by atoms with van der Waals surface area (Å²) in [5, 5.41) is 13.8. The first-order valence-corrected chi connectivity index (χ1v) is 8.82. The number of halogens is 1. The molecule has 0 saturated heterocycles. The van der Waals surface area contributed by atoms with Crippen LogP contribution in [0, 0.1) is 0 Å². The largest absolute Gasteiger partial charge is 0.480 e. The highest BCUT2D eigenvalue weighted by Crippen LogP contribution is 2.44. The van der Waals surface area contributed by atoms with Gasteiger partial charge in [-0.05, 0) is 22.3 Å². The predicted molar refractivity (Wildman–Crippen MR) is 109 cm³/mol. The summed E-state index contributed by atoms with van der Waals surface area (Å²) in [6.45, 7) is -0.478. The average molecular weight is 420 g/mol. The van der Waals surface area contributed by atoms with Crippen LogP contribution >= 0.6 is 12.4 Å². The molecular formula is C20H22ClN3O5. The molecule has 2 aromatic rings. The summed E-state index contributed by atoms with van der Waals surface area (Å²) in [6, 6.07) is 14.5. The lowest BCUT2D eigenvalue weighted by atomic mass is 9.98. The van der Waals surface area contributed by atoms with E-state index in [1.54, 1.807) is 0 Å². The Morgan fingerprint density at radius 2 is 1.59 bits per heavy atom. The van der Waals surface area contributed by atoms with Crippen molar-refractivity contribution in [3.63, 3.8) is 0 Å². The van der Waals surface area contributed by atoms with Crippen LogP contribution < -0.4 is 16.4 Å². The second-order valence-corrected chi connectivity index (χ2v) is 6.37. The van der Waals surface area contributed by atoms with Crippen molar-refractivity contribution in [3.8, 4) is 11.1 Å². The Morgan fingerprint density at radius 3 is 2.10 bits per heavy atom. The first-order valence-electron chi connectivity index (χ1n) is 8.82. The van der Waals surface area contributed by atoms with E-state index in [1.165, 1.54) is 0 Å². The monoisotopic (exact) mass is 419 g/mol. The maximum absolute atomic E-state index is 12.1. The third-order valence-corrected chi connectivity index (χ3v) is 4.62. The third-order valence-electron chi connectivity index (χ3n) is 4.62. The summed E-state index contributed by atoms with van der Waals surface area (Å²) in [4.78, 5) is 34.6. The van der Waals surface area contributed by atoms with E-state index in [-0.39, 0.29) is 38.0 Å². The molecule has 0 spiro atoms. The number of fused-ring (bicyclic) bond motifs is 3. The zero-order chi connectivity index (χ0) is 20.1. The van der Waals surface area contributed by atoms with Crippen LogP contribution in [-0.4, -0.2) is 48.8 Å². The molecular weight excluding hydrogens is 398 g/mol. The molecule has 3 rings (SSSR count). The standard InChI is InChI=1S/C20H21N3O5.ClH/c21-9-18(24)22-10-17(19(25)26)23-20(27)28-11-16-14-7-3-1-5-12(14)13-6-2-4-8-15(13)16;/h1-8,16-17H,9-11,21H2,(H,22,24)(H,23,27)(H,25,26);1H. The number of amides is 2. The predicted octanol–water partition coefficient (Wildman–Crippen LogP) is 1.47. The maximum Gasteiger partial charge on any atom is 0.407 e. The quantitative estimate of drug-likeness (QED) is 0.537. The first-order chi connectivity index (χ1) is 13.5. The molecule has 154 valence electrons. The molecule has 9 heteroatoms. The number of carboxylic acids is 1. The van der Waals surface area contributed by atoms with Crippen LogP contribution in [-0.2, 0) is 14.3 Å². The summed E-state index contributed by atoms with van der Waals surface area (Å²) in [7, 11) is 0. The Balaban J connectivity index is 0.00000300. The molecule has 0 bridgehead atoms. The van der Waals surface area contributed by atoms with Crippen LogP contribution in [0.2, 0.25) is 0 Å². The molecule has 0 radical (unpaired) electrons. The van der Waals surface area contributed by atoms with Gasteiger partial charge in [-0.2, -0.15) is 0 Å². The normalized spacial score (nSPS) is 12.7. The zero-order valence-electron chi connectivity index (χ0n) is 15.5. The van der Waals surface area contributed by atoms with Gasteiger partial charge >= 0.3 is 12.1 Å². The number of alkyl carbamates (subject to hydrolysis) is 1. The molecule has 0 aromatic heterocycles. The number of hydrogen-bond acceptors (Lipinski definition) is 5. The Morgan fingerprint density at radius 1 is 1.03 bits per heavy atom. The minimum Gasteiger partial charge on any atom is -0.480 e. The number of carbonyl (C=O) groups is 3. The number of rotatable bonds is 7. The van der Waals surface area contributed by atoms with Crippen LogP contribution in [0.15, 0.2) is 48.5 Å². The second-order valence-electron chi connectivity index (χ2n) is 6.37. The van der Waals surface area contributed by atoms with E-state index in [9.17, 15) is 19.5 Å². The lowest BCUT2D eigenvalue weighted by Crippen LogP contribution is -2.49. The molecule has 8 nitrogen and oxygen atoms in total. The van der Waals surface area contributed by atoms with E-state index in [0.29, 0.717) is 0 Å². The van der Waals surface area contributed by atoms with Crippen molar-refractivity contribution in [2.75, 3.05) is 19.7 Å². The molecule has 0 saturated carbocycles. The van der Waals surface area contributed by atoms with E-state index in [1.807, 2.05) is 48.5 Å². The highest BCUT2D eigenvalue weighted by Gasteiger charge is 2.29. The lowest BCUT2D eigenvalue weighted by molar-refractivity contribution is -0.139. The number of aliphatic carboxylic acids is 1. The van der Waals surface area contributed by atoms with Crippen molar-refractivity contribution < 1.29 is 24.2 Å². The maximum atomic E-state index is 12.1. The number of nitrogens with one attached hydrogen (secondary N) is 2. The summed E-state index contributed by atoms with van der Waals surface area (Å²) in [5.41, 5.74) is 9.47. The SMILES string of the molecule is Cl.NCC(=O)NCC(NC(=O)OCC1c2ccccc2-c2ccccc21)C(=O)O. The minimum atomic E-state index is -1.31. The summed E-state index contributed by atoms with van der Waals surface area (Å²) >= 11 is 0. The van der Waals surface area contributed by atoms with Gasteiger partial charge in [-0.25, -0.2) is 9.59 Å². The number of ether oxygens (including phenoxy) is 1. The van der Waals surface area contributed by atoms with Crippen molar-refractivity contribution in [3.05, 3.63) is 59.7 Å². The van der Waals surface area contributed by atoms with E-state index in [2.05, 4.69) is 10.6 Å². The van der Waals surface area contributed by atoms with Gasteiger partial charge in [-0.1, -0.05) is 48.5 Å². The van der Waals surface area contributed by atoms with Crippen molar-refractivity contribution >= 4 is 30.4 Å². The smallest absolute Gasteiger partial charge is 0.407 e. The molecule has 2 amide bonds. The molecule has 1 unspecified atom stereocenters. The Hall–Kier alpha value is -3.10. The van der Waals surface area contributed by atoms with Gasteiger partial charge in [-0.15, -0.1) is 12.4 Å². The molecule has 2 aromatic carbocycles. The number of carboxylic acid groups (broad SMARTS) is 1. The molecule has 0 heterocycles. The van der Waals surface area contributed by atoms with Crippen molar-refractivity contribution in [2.45, 2.75) is 12.0 Å². The molecule has 0 fully saturated rings. The van der Waals surface area contributed by atoms with Gasteiger partial charge < -0.3 is 26.2 Å². The fourth-order valence-corrected chi connectivity index (χ4v) is 3.27. The van der Waals surface area contributed by atoms with Gasteiger partial charge in [0.25, 0.3) is 0 Å². The van der Waals surface area contributed by atoms with Crippen LogP contribution in [0.3, 0.4) is 0 Å². The Kier molecular flexibility index (Phi) is 7.58. The van der Waals surface area contributed by atoms with Crippen molar-refractivity contribution in [2.24, 2.45) is 5.73 Å². The lowest BCUT2D eigenvalue weighted by Gasteiger charge is -2.17. The van der Waals surface area contributed by atoms with Crippen molar-refractivity contribution in [1.29, 1.82) is 0 Å². The summed E-state index contributed by atoms with van der Waals surface area (Å²) < 4.78 is 5.30. The van der Waals surface area contributed by atoms with Gasteiger partial charge in [0.1, 0.15) is 12.6 Å². The molecule has 0 aliphatic heterocycles. The molecule has 5 N–H and O–H groups in total. The Labute approximate surface area is 173 Å². The van der Waals surface area contributed by atoms with Gasteiger partial charge in [0.15, 0.2) is 0 Å². The van der Waals surface area contributed by atoms with E-state index in [0.717, 1.165) is 22.3 Å². The average Bonchev–Trinajstić information content (AvgIpc) is 3.03. The Bertz CT molecular complexity index is 860. The van der Waals surface area contributed by atoms with E-state index >= 15 is 0 Å². The second kappa shape index (κ2) is 9.90. The van der Waals surface area contributed by atoms with Gasteiger partial charge in [-0.3, -0.25) is 4.79 Å². The summed E-state index contributed by atoms with van der Waals surface area (Å²) in [6.07, 6.45) is -0.865. The number of hydrogen-bond donors (Lipinski definition) is 4. The fourth-order valence-electron chi connectivity index (χ4n) is 3.27. The van der Waals surface area contributed by atoms with Crippen LogP contribution in [0.1, 0.15) is 17.0 Å². The molecule has 29 heavy (non-hydrogen) atoms. The van der Waals surface area contributed by atoms with Crippen LogP contribution in [0.5, 0.6) is 0 Å². The minimum absolute atomic E-state index is 0. The third kappa shape index (κ3) is 5.04. The van der Waals surface area contributed by atoms with E-state index < -0.39 is 24.0 Å². The van der Waals surface area contributed by atoms with Crippen LogP contribution in [0.4, 0.5) is 4.79 Å². The summed E-state index contributed by atoms with van der Waals surface area (Å²) in [5.74, 6) is -1.93. The topological polar surface area (TPSA) is 131 Å². The molecule has 1 atom stereocenters. The zero-order valence-corrected chi connectivity index (χ0v) is 16.3. The van der Waals surface area contributed by atoms with Gasteiger partial charge in [0.2, 0.25) is 5.91 Å². The molecule has 1 aliphatic rings.